The molecule has 1 aliphatic rings. The van der Waals surface area contributed by atoms with Crippen molar-refractivity contribution >= 4 is 5.69 Å². The van der Waals surface area contributed by atoms with Gasteiger partial charge in [-0.15, -0.1) is 0 Å². The number of anilines is 1. The highest BCUT2D eigenvalue weighted by molar-refractivity contribution is 5.46. The van der Waals surface area contributed by atoms with Crippen LogP contribution in [0.2, 0.25) is 0 Å². The molecule has 1 heterocycles. The monoisotopic (exact) mass is 272 g/mol. The number of piperazine rings is 1. The lowest BCUT2D eigenvalue weighted by Crippen LogP contribution is -2.47. The third-order valence-electron chi connectivity index (χ3n) is 3.92. The Kier molecular flexibility index (Phi) is 4.99. The topological polar surface area (TPSA) is 56.3 Å². The highest BCUT2D eigenvalue weighted by atomic mass is 15.3. The molecule has 1 aliphatic heterocycles. The summed E-state index contributed by atoms with van der Waals surface area (Å²) in [5, 5.41) is 8.90. The number of hydrogen-bond donors (Lipinski definition) is 1. The second-order valence-corrected chi connectivity index (χ2v) is 5.80. The molecule has 0 bridgehead atoms. The van der Waals surface area contributed by atoms with E-state index < -0.39 is 5.54 Å². The molecule has 0 aromatic heterocycles. The van der Waals surface area contributed by atoms with Crippen LogP contribution in [0.4, 0.5) is 5.69 Å². The summed E-state index contributed by atoms with van der Waals surface area (Å²) in [5.41, 5.74) is 6.48. The fourth-order valence-corrected chi connectivity index (χ4v) is 2.59. The van der Waals surface area contributed by atoms with Crippen molar-refractivity contribution in [2.45, 2.75) is 25.3 Å². The minimum Gasteiger partial charge on any atom is -0.369 e. The summed E-state index contributed by atoms with van der Waals surface area (Å²) in [6, 6.07) is 12.7. The number of rotatable bonds is 5. The third kappa shape index (κ3) is 4.22. The van der Waals surface area contributed by atoms with Gasteiger partial charge in [0.05, 0.1) is 6.07 Å². The second-order valence-electron chi connectivity index (χ2n) is 5.80. The van der Waals surface area contributed by atoms with Crippen LogP contribution in [-0.2, 0) is 0 Å². The Morgan fingerprint density at radius 2 is 1.85 bits per heavy atom. The number of nitrogens with zero attached hydrogens (tertiary/aromatic N) is 3. The maximum Gasteiger partial charge on any atom is 0.101 e. The molecular weight excluding hydrogens is 248 g/mol. The van der Waals surface area contributed by atoms with E-state index in [0.29, 0.717) is 0 Å². The predicted molar refractivity (Wildman–Crippen MR) is 82.5 cm³/mol. The van der Waals surface area contributed by atoms with E-state index in [9.17, 15) is 0 Å². The van der Waals surface area contributed by atoms with Gasteiger partial charge >= 0.3 is 0 Å². The molecule has 1 aromatic carbocycles. The Morgan fingerprint density at radius 1 is 1.20 bits per heavy atom. The summed E-state index contributed by atoms with van der Waals surface area (Å²) in [4.78, 5) is 4.89. The van der Waals surface area contributed by atoms with Crippen LogP contribution in [0.5, 0.6) is 0 Å². The Balaban J connectivity index is 1.71. The molecule has 20 heavy (non-hydrogen) atoms. The maximum absolute atomic E-state index is 8.90. The lowest BCUT2D eigenvalue weighted by Gasteiger charge is -2.36. The molecule has 1 fully saturated rings. The van der Waals surface area contributed by atoms with Crippen molar-refractivity contribution in [2.75, 3.05) is 37.6 Å². The molecule has 1 unspecified atom stereocenters. The van der Waals surface area contributed by atoms with E-state index in [0.717, 1.165) is 45.6 Å². The molecule has 4 nitrogen and oxygen atoms in total. The van der Waals surface area contributed by atoms with E-state index in [1.807, 2.05) is 0 Å². The first-order valence-electron chi connectivity index (χ1n) is 7.33. The van der Waals surface area contributed by atoms with Gasteiger partial charge in [-0.3, -0.25) is 4.90 Å². The van der Waals surface area contributed by atoms with Crippen LogP contribution in [-0.4, -0.2) is 43.2 Å². The fourth-order valence-electron chi connectivity index (χ4n) is 2.59. The second kappa shape index (κ2) is 6.74. The molecule has 2 rings (SSSR count). The van der Waals surface area contributed by atoms with Gasteiger partial charge in [0.1, 0.15) is 5.54 Å². The highest BCUT2D eigenvalue weighted by Crippen LogP contribution is 2.16. The quantitative estimate of drug-likeness (QED) is 0.888. The molecule has 108 valence electrons. The van der Waals surface area contributed by atoms with E-state index in [1.165, 1.54) is 5.69 Å². The lowest BCUT2D eigenvalue weighted by molar-refractivity contribution is 0.248. The normalized spacial score (nSPS) is 19.4. The van der Waals surface area contributed by atoms with Crippen molar-refractivity contribution in [3.05, 3.63) is 30.3 Å². The Labute approximate surface area is 121 Å². The average Bonchev–Trinajstić information content (AvgIpc) is 2.49. The van der Waals surface area contributed by atoms with E-state index in [1.54, 1.807) is 6.92 Å². The summed E-state index contributed by atoms with van der Waals surface area (Å²) in [7, 11) is 0. The molecule has 2 N–H and O–H groups in total. The zero-order valence-electron chi connectivity index (χ0n) is 12.3. The van der Waals surface area contributed by atoms with Gasteiger partial charge in [0, 0.05) is 31.9 Å². The molecule has 0 saturated carbocycles. The van der Waals surface area contributed by atoms with Crippen LogP contribution < -0.4 is 10.6 Å². The van der Waals surface area contributed by atoms with Crippen molar-refractivity contribution in [1.82, 2.24) is 4.90 Å². The summed E-state index contributed by atoms with van der Waals surface area (Å²) in [6.45, 7) is 7.16. The van der Waals surface area contributed by atoms with Gasteiger partial charge in [0.2, 0.25) is 0 Å². The number of benzene rings is 1. The largest absolute Gasteiger partial charge is 0.369 e. The lowest BCUT2D eigenvalue weighted by atomic mass is 9.99. The number of nitrogens with two attached hydrogens (primary N) is 1. The van der Waals surface area contributed by atoms with Crippen LogP contribution >= 0.6 is 0 Å². The van der Waals surface area contributed by atoms with Gasteiger partial charge in [-0.25, -0.2) is 0 Å². The number of para-hydroxylation sites is 1. The molecule has 0 spiro atoms. The van der Waals surface area contributed by atoms with E-state index >= 15 is 0 Å². The van der Waals surface area contributed by atoms with Crippen LogP contribution in [0.3, 0.4) is 0 Å². The van der Waals surface area contributed by atoms with E-state index in [4.69, 9.17) is 11.0 Å². The van der Waals surface area contributed by atoms with Gasteiger partial charge in [-0.1, -0.05) is 18.2 Å². The van der Waals surface area contributed by atoms with Crippen LogP contribution in [0.15, 0.2) is 30.3 Å². The Bertz CT molecular complexity index is 441. The van der Waals surface area contributed by atoms with Gasteiger partial charge < -0.3 is 10.6 Å². The first-order chi connectivity index (χ1) is 9.61. The van der Waals surface area contributed by atoms with Gasteiger partial charge in [0.15, 0.2) is 0 Å². The standard InChI is InChI=1S/C16H24N4/c1-16(18,14-17)8-5-9-19-10-12-20(13-11-19)15-6-3-2-4-7-15/h2-4,6-7H,5,8-13,18H2,1H3. The third-order valence-corrected chi connectivity index (χ3v) is 3.92. The molecule has 0 radical (unpaired) electrons. The first kappa shape index (κ1) is 14.8. The fraction of sp³-hybridized carbons (Fsp3) is 0.562. The van der Waals surface area contributed by atoms with Crippen molar-refractivity contribution in [2.24, 2.45) is 5.73 Å². The summed E-state index contributed by atoms with van der Waals surface area (Å²) in [5.74, 6) is 0. The first-order valence-corrected chi connectivity index (χ1v) is 7.33. The zero-order valence-corrected chi connectivity index (χ0v) is 12.3. The van der Waals surface area contributed by atoms with E-state index in [-0.39, 0.29) is 0 Å². The summed E-state index contributed by atoms with van der Waals surface area (Å²) < 4.78 is 0. The van der Waals surface area contributed by atoms with Crippen molar-refractivity contribution in [3.8, 4) is 6.07 Å². The van der Waals surface area contributed by atoms with E-state index in [2.05, 4.69) is 46.2 Å². The SMILES string of the molecule is CC(N)(C#N)CCCN1CCN(c2ccccc2)CC1. The minimum atomic E-state index is -0.675. The molecule has 1 atom stereocenters. The van der Waals surface area contributed by atoms with Crippen molar-refractivity contribution in [1.29, 1.82) is 5.26 Å². The summed E-state index contributed by atoms with van der Waals surface area (Å²) in [6.07, 6.45) is 1.76. The predicted octanol–water partition coefficient (Wildman–Crippen LogP) is 1.83. The van der Waals surface area contributed by atoms with Crippen LogP contribution in [0, 0.1) is 11.3 Å². The van der Waals surface area contributed by atoms with Crippen LogP contribution in [0.25, 0.3) is 0 Å². The minimum absolute atomic E-state index is 0.675. The highest BCUT2D eigenvalue weighted by Gasteiger charge is 2.19. The molecule has 1 aromatic rings. The van der Waals surface area contributed by atoms with Crippen molar-refractivity contribution in [3.63, 3.8) is 0 Å². The number of nitriles is 1. The van der Waals surface area contributed by atoms with Gasteiger partial charge in [-0.05, 0) is 38.4 Å². The molecule has 4 heteroatoms. The van der Waals surface area contributed by atoms with Crippen LogP contribution in [0.1, 0.15) is 19.8 Å². The number of hydrogen-bond acceptors (Lipinski definition) is 4. The Morgan fingerprint density at radius 3 is 2.45 bits per heavy atom. The molecule has 1 saturated heterocycles. The maximum atomic E-state index is 8.90. The van der Waals surface area contributed by atoms with Crippen molar-refractivity contribution < 1.29 is 0 Å². The summed E-state index contributed by atoms with van der Waals surface area (Å²) >= 11 is 0. The van der Waals surface area contributed by atoms with Gasteiger partial charge in [-0.2, -0.15) is 5.26 Å². The van der Waals surface area contributed by atoms with Gasteiger partial charge in [0.25, 0.3) is 0 Å². The average molecular weight is 272 g/mol. The smallest absolute Gasteiger partial charge is 0.101 e. The molecule has 0 amide bonds. The molecule has 0 aliphatic carbocycles. The zero-order chi connectivity index (χ0) is 14.4. The molecular formula is C16H24N4. The Hall–Kier alpha value is -1.57.